The Balaban J connectivity index is 1.98. The highest BCUT2D eigenvalue weighted by Gasteiger charge is 2.51. The van der Waals surface area contributed by atoms with Crippen LogP contribution in [0.15, 0.2) is 29.4 Å². The van der Waals surface area contributed by atoms with Crippen molar-refractivity contribution >= 4 is 17.7 Å². The molecule has 0 aromatic heterocycles. The van der Waals surface area contributed by atoms with Crippen LogP contribution in [-0.2, 0) is 11.0 Å². The zero-order valence-electron chi connectivity index (χ0n) is 12.4. The van der Waals surface area contributed by atoms with E-state index in [1.165, 1.54) is 23.2 Å². The molecule has 0 spiro atoms. The molecular formula is C16H17F3N2O. The highest BCUT2D eigenvalue weighted by Crippen LogP contribution is 2.54. The number of aldehydes is 1. The summed E-state index contributed by atoms with van der Waals surface area (Å²) >= 11 is 0. The van der Waals surface area contributed by atoms with Gasteiger partial charge in [0.05, 0.1) is 11.3 Å². The van der Waals surface area contributed by atoms with E-state index in [1.807, 2.05) is 0 Å². The normalized spacial score (nSPS) is 26.8. The van der Waals surface area contributed by atoms with Crippen LogP contribution in [0.3, 0.4) is 0 Å². The number of hydrogen-bond acceptors (Lipinski definition) is 3. The van der Waals surface area contributed by atoms with E-state index in [-0.39, 0.29) is 17.0 Å². The van der Waals surface area contributed by atoms with Gasteiger partial charge in [0.25, 0.3) is 0 Å². The number of rotatable bonds is 3. The topological polar surface area (TPSA) is 32.7 Å². The molecular weight excluding hydrogens is 293 g/mol. The smallest absolute Gasteiger partial charge is 0.301 e. The molecule has 2 aliphatic rings. The quantitative estimate of drug-likeness (QED) is 0.794. The third kappa shape index (κ3) is 2.51. The largest absolute Gasteiger partial charge is 0.418 e. The van der Waals surface area contributed by atoms with Crippen LogP contribution in [-0.4, -0.2) is 18.0 Å². The SMILES string of the molecule is CC1(C)CC1C1=NN(c2ccccc2C(F)(F)F)C(C=O)C1. The first kappa shape index (κ1) is 15.1. The van der Waals surface area contributed by atoms with Crippen LogP contribution in [0.4, 0.5) is 18.9 Å². The molecule has 3 rings (SSSR count). The highest BCUT2D eigenvalue weighted by molar-refractivity contribution is 5.96. The molecule has 1 aliphatic heterocycles. The van der Waals surface area contributed by atoms with Crippen molar-refractivity contribution in [2.24, 2.45) is 16.4 Å². The average Bonchev–Trinajstić information content (AvgIpc) is 2.91. The minimum absolute atomic E-state index is 0.0550. The summed E-state index contributed by atoms with van der Waals surface area (Å²) in [4.78, 5) is 11.3. The maximum atomic E-state index is 13.2. The van der Waals surface area contributed by atoms with E-state index in [4.69, 9.17) is 0 Å². The molecule has 0 N–H and O–H groups in total. The number of anilines is 1. The van der Waals surface area contributed by atoms with Gasteiger partial charge in [-0.15, -0.1) is 0 Å². The fourth-order valence-corrected chi connectivity index (χ4v) is 3.05. The Hall–Kier alpha value is -1.85. The molecule has 0 saturated heterocycles. The first-order valence-electron chi connectivity index (χ1n) is 7.22. The molecule has 6 heteroatoms. The van der Waals surface area contributed by atoms with Crippen molar-refractivity contribution in [3.8, 4) is 0 Å². The van der Waals surface area contributed by atoms with Gasteiger partial charge >= 0.3 is 6.18 Å². The zero-order chi connectivity index (χ0) is 16.1. The molecule has 1 aromatic carbocycles. The summed E-state index contributed by atoms with van der Waals surface area (Å²) in [5, 5.41) is 5.60. The van der Waals surface area contributed by atoms with Crippen LogP contribution in [0.25, 0.3) is 0 Å². The molecule has 0 amide bonds. The summed E-state index contributed by atoms with van der Waals surface area (Å²) in [7, 11) is 0. The summed E-state index contributed by atoms with van der Waals surface area (Å²) in [5.41, 5.74) is 0.146. The Kier molecular flexibility index (Phi) is 3.30. The number of carbonyl (C=O) groups excluding carboxylic acids is 1. The van der Waals surface area contributed by atoms with Crippen molar-refractivity contribution < 1.29 is 18.0 Å². The summed E-state index contributed by atoms with van der Waals surface area (Å²) in [6, 6.07) is 4.60. The molecule has 2 unspecified atom stereocenters. The number of alkyl halides is 3. The Morgan fingerprint density at radius 2 is 1.95 bits per heavy atom. The van der Waals surface area contributed by atoms with E-state index in [0.29, 0.717) is 12.7 Å². The van der Waals surface area contributed by atoms with Gasteiger partial charge in [-0.2, -0.15) is 18.3 Å². The van der Waals surface area contributed by atoms with Crippen LogP contribution in [0.5, 0.6) is 0 Å². The van der Waals surface area contributed by atoms with Gasteiger partial charge in [0.2, 0.25) is 0 Å². The van der Waals surface area contributed by atoms with E-state index in [9.17, 15) is 18.0 Å². The van der Waals surface area contributed by atoms with Gasteiger partial charge in [-0.05, 0) is 24.0 Å². The van der Waals surface area contributed by atoms with Gasteiger partial charge in [-0.1, -0.05) is 26.0 Å². The van der Waals surface area contributed by atoms with Crippen LogP contribution in [0, 0.1) is 11.3 Å². The second-order valence-corrected chi connectivity index (χ2v) is 6.60. The monoisotopic (exact) mass is 310 g/mol. The molecule has 0 radical (unpaired) electrons. The van der Waals surface area contributed by atoms with Crippen LogP contribution >= 0.6 is 0 Å². The van der Waals surface area contributed by atoms with Crippen molar-refractivity contribution in [1.29, 1.82) is 0 Å². The van der Waals surface area contributed by atoms with Gasteiger partial charge in [-0.3, -0.25) is 5.01 Å². The van der Waals surface area contributed by atoms with Gasteiger partial charge in [0.15, 0.2) is 0 Å². The first-order valence-corrected chi connectivity index (χ1v) is 7.22. The van der Waals surface area contributed by atoms with Gasteiger partial charge in [0, 0.05) is 18.1 Å². The Labute approximate surface area is 126 Å². The van der Waals surface area contributed by atoms with Crippen LogP contribution < -0.4 is 5.01 Å². The summed E-state index contributed by atoms with van der Waals surface area (Å²) in [6.07, 6.45) is -2.42. The number of benzene rings is 1. The number of halogens is 3. The predicted octanol–water partition coefficient (Wildman–Crippen LogP) is 3.89. The molecule has 1 aliphatic carbocycles. The minimum atomic E-state index is -4.47. The van der Waals surface area contributed by atoms with E-state index in [2.05, 4.69) is 18.9 Å². The molecule has 22 heavy (non-hydrogen) atoms. The summed E-state index contributed by atoms with van der Waals surface area (Å²) in [6.45, 7) is 4.20. The first-order chi connectivity index (χ1) is 10.2. The Bertz CT molecular complexity index is 637. The number of para-hydroxylation sites is 1. The van der Waals surface area contributed by atoms with Crippen molar-refractivity contribution in [3.05, 3.63) is 29.8 Å². The molecule has 1 saturated carbocycles. The molecule has 2 atom stereocenters. The molecule has 1 fully saturated rings. The Morgan fingerprint density at radius 1 is 1.32 bits per heavy atom. The standard InChI is InChI=1S/C16H17F3N2O/c1-15(2)8-12(15)13-7-10(9-22)21(20-13)14-6-4-3-5-11(14)16(17,18)19/h3-6,9-10,12H,7-8H2,1-2H3. The summed E-state index contributed by atoms with van der Waals surface area (Å²) < 4.78 is 39.5. The minimum Gasteiger partial charge on any atom is -0.301 e. The third-order valence-corrected chi connectivity index (χ3v) is 4.50. The summed E-state index contributed by atoms with van der Waals surface area (Å²) in [5.74, 6) is 0.262. The Morgan fingerprint density at radius 3 is 2.50 bits per heavy atom. The lowest BCUT2D eigenvalue weighted by atomic mass is 10.0. The van der Waals surface area contributed by atoms with Gasteiger partial charge in [-0.25, -0.2) is 0 Å². The van der Waals surface area contributed by atoms with Crippen LogP contribution in [0.1, 0.15) is 32.3 Å². The number of nitrogens with zero attached hydrogens (tertiary/aromatic N) is 2. The second kappa shape index (κ2) is 4.83. The van der Waals surface area contributed by atoms with E-state index >= 15 is 0 Å². The highest BCUT2D eigenvalue weighted by atomic mass is 19.4. The molecule has 0 bridgehead atoms. The maximum Gasteiger partial charge on any atom is 0.418 e. The third-order valence-electron chi connectivity index (χ3n) is 4.50. The van der Waals surface area contributed by atoms with Crippen LogP contribution in [0.2, 0.25) is 0 Å². The van der Waals surface area contributed by atoms with E-state index in [0.717, 1.165) is 18.2 Å². The number of carbonyl (C=O) groups is 1. The zero-order valence-corrected chi connectivity index (χ0v) is 12.4. The average molecular weight is 310 g/mol. The predicted molar refractivity (Wildman–Crippen MR) is 77.7 cm³/mol. The lowest BCUT2D eigenvalue weighted by Gasteiger charge is -2.23. The number of hydrogen-bond donors (Lipinski definition) is 0. The van der Waals surface area contributed by atoms with Crippen molar-refractivity contribution in [2.75, 3.05) is 5.01 Å². The van der Waals surface area contributed by atoms with E-state index in [1.54, 1.807) is 0 Å². The molecule has 1 aromatic rings. The van der Waals surface area contributed by atoms with E-state index < -0.39 is 17.8 Å². The van der Waals surface area contributed by atoms with Crippen molar-refractivity contribution in [1.82, 2.24) is 0 Å². The fraction of sp³-hybridized carbons (Fsp3) is 0.500. The number of hydrazone groups is 1. The lowest BCUT2D eigenvalue weighted by molar-refractivity contribution is -0.137. The molecule has 1 heterocycles. The van der Waals surface area contributed by atoms with Gasteiger partial charge in [0.1, 0.15) is 12.3 Å². The maximum absolute atomic E-state index is 13.2. The van der Waals surface area contributed by atoms with Gasteiger partial charge < -0.3 is 4.79 Å². The fourth-order valence-electron chi connectivity index (χ4n) is 3.05. The molecule has 118 valence electrons. The lowest BCUT2D eigenvalue weighted by Crippen LogP contribution is -2.29. The molecule has 3 nitrogen and oxygen atoms in total. The van der Waals surface area contributed by atoms with Crippen molar-refractivity contribution in [2.45, 2.75) is 38.9 Å². The second-order valence-electron chi connectivity index (χ2n) is 6.60. The van der Waals surface area contributed by atoms with Crippen molar-refractivity contribution in [3.63, 3.8) is 0 Å².